The van der Waals surface area contributed by atoms with Gasteiger partial charge < -0.3 is 15.2 Å². The van der Waals surface area contributed by atoms with Gasteiger partial charge in [0.1, 0.15) is 11.5 Å². The van der Waals surface area contributed by atoms with Crippen molar-refractivity contribution in [2.45, 2.75) is 59.7 Å². The number of nitrogen functional groups attached to an aromatic ring is 1. The molecule has 0 radical (unpaired) electrons. The van der Waals surface area contributed by atoms with E-state index < -0.39 is 11.2 Å². The van der Waals surface area contributed by atoms with Crippen molar-refractivity contribution in [3.8, 4) is 0 Å². The van der Waals surface area contributed by atoms with Gasteiger partial charge in [-0.25, -0.2) is 4.79 Å². The Balaban J connectivity index is 2.01. The Bertz CT molecular complexity index is 1100. The number of rotatable bonds is 10. The minimum absolute atomic E-state index is 0.139. The van der Waals surface area contributed by atoms with Crippen LogP contribution in [-0.2, 0) is 26.1 Å². The third-order valence-electron chi connectivity index (χ3n) is 4.91. The lowest BCUT2D eigenvalue weighted by atomic mass is 10.1. The van der Waals surface area contributed by atoms with Crippen molar-refractivity contribution >= 4 is 11.5 Å². The number of nitrogens with one attached hydrogen (secondary N) is 1. The molecule has 2 heterocycles. The molecule has 0 saturated carbocycles. The molecule has 31 heavy (non-hydrogen) atoms. The van der Waals surface area contributed by atoms with E-state index in [-0.39, 0.29) is 18.1 Å². The van der Waals surface area contributed by atoms with Crippen LogP contribution in [0.25, 0.3) is 0 Å². The van der Waals surface area contributed by atoms with Crippen molar-refractivity contribution in [1.82, 2.24) is 19.7 Å². The van der Waals surface area contributed by atoms with Gasteiger partial charge in [-0.2, -0.15) is 4.98 Å². The summed E-state index contributed by atoms with van der Waals surface area (Å²) in [6.45, 7) is 7.21. The molecule has 9 nitrogen and oxygen atoms in total. The van der Waals surface area contributed by atoms with E-state index in [9.17, 15) is 9.59 Å². The fraction of sp³-hybridized carbons (Fsp3) is 0.455. The smallest absolute Gasteiger partial charge is 0.330 e. The van der Waals surface area contributed by atoms with Crippen LogP contribution in [0.2, 0.25) is 0 Å². The van der Waals surface area contributed by atoms with Crippen LogP contribution in [0.15, 0.2) is 44.4 Å². The van der Waals surface area contributed by atoms with Crippen LogP contribution in [0.1, 0.15) is 50.9 Å². The van der Waals surface area contributed by atoms with Gasteiger partial charge in [0.05, 0.1) is 6.54 Å². The minimum atomic E-state index is -0.534. The average molecular weight is 427 g/mol. The molecule has 0 amide bonds. The molecular formula is C22H30N6O3. The third kappa shape index (κ3) is 5.62. The number of benzene rings is 1. The lowest BCUT2D eigenvalue weighted by molar-refractivity contribution is 0.368. The van der Waals surface area contributed by atoms with Crippen LogP contribution < -0.4 is 21.9 Å². The first-order chi connectivity index (χ1) is 14.9. The molecule has 0 atom stereocenters. The number of nitrogens with two attached hydrogens (primary N) is 1. The summed E-state index contributed by atoms with van der Waals surface area (Å²) in [6, 6.07) is 9.70. The van der Waals surface area contributed by atoms with Crippen LogP contribution >= 0.6 is 0 Å². The van der Waals surface area contributed by atoms with Crippen LogP contribution in [0.3, 0.4) is 0 Å². The Morgan fingerprint density at radius 2 is 1.94 bits per heavy atom. The molecule has 3 rings (SSSR count). The highest BCUT2D eigenvalue weighted by atomic mass is 16.5. The first-order valence-corrected chi connectivity index (χ1v) is 10.6. The maximum Gasteiger partial charge on any atom is 0.330 e. The number of anilines is 2. The van der Waals surface area contributed by atoms with E-state index in [0.717, 1.165) is 18.4 Å². The van der Waals surface area contributed by atoms with Gasteiger partial charge in [-0.15, -0.1) is 0 Å². The SMILES string of the molecule is CCCCn1c(N)c(N(Cc2ccccc2)Cc2nc(CC(C)C)no2)c(=O)[nH]c1=O. The van der Waals surface area contributed by atoms with Crippen molar-refractivity contribution in [1.29, 1.82) is 0 Å². The molecule has 0 aliphatic carbocycles. The molecule has 3 aromatic rings. The van der Waals surface area contributed by atoms with Gasteiger partial charge in [-0.3, -0.25) is 14.3 Å². The topological polar surface area (TPSA) is 123 Å². The van der Waals surface area contributed by atoms with E-state index in [4.69, 9.17) is 10.3 Å². The number of H-pyrrole nitrogens is 1. The van der Waals surface area contributed by atoms with Gasteiger partial charge in [0.15, 0.2) is 5.82 Å². The molecule has 9 heteroatoms. The first-order valence-electron chi connectivity index (χ1n) is 10.6. The molecule has 0 aliphatic rings. The van der Waals surface area contributed by atoms with Gasteiger partial charge in [0.2, 0.25) is 5.89 Å². The van der Waals surface area contributed by atoms with E-state index in [1.807, 2.05) is 37.3 Å². The maximum absolute atomic E-state index is 12.8. The van der Waals surface area contributed by atoms with Crippen LogP contribution in [0.4, 0.5) is 11.5 Å². The quantitative estimate of drug-likeness (QED) is 0.511. The van der Waals surface area contributed by atoms with Crippen LogP contribution in [0.5, 0.6) is 0 Å². The predicted octanol–water partition coefficient (Wildman–Crippen LogP) is 2.71. The molecule has 0 unspecified atom stereocenters. The van der Waals surface area contributed by atoms with Gasteiger partial charge in [0, 0.05) is 19.5 Å². The molecule has 2 aromatic heterocycles. The maximum atomic E-state index is 12.8. The van der Waals surface area contributed by atoms with E-state index in [2.05, 4.69) is 29.0 Å². The van der Waals surface area contributed by atoms with Gasteiger partial charge in [-0.05, 0) is 17.9 Å². The zero-order valence-electron chi connectivity index (χ0n) is 18.3. The molecule has 166 valence electrons. The summed E-state index contributed by atoms with van der Waals surface area (Å²) >= 11 is 0. The number of unbranched alkanes of at least 4 members (excludes halogenated alkanes) is 1. The average Bonchev–Trinajstić information content (AvgIpc) is 3.14. The van der Waals surface area contributed by atoms with Crippen molar-refractivity contribution < 1.29 is 4.52 Å². The first kappa shape index (κ1) is 22.3. The highest BCUT2D eigenvalue weighted by Gasteiger charge is 2.22. The van der Waals surface area contributed by atoms with E-state index in [1.165, 1.54) is 4.57 Å². The molecule has 0 spiro atoms. The monoisotopic (exact) mass is 426 g/mol. The number of nitrogens with zero attached hydrogens (tertiary/aromatic N) is 4. The number of aromatic amines is 1. The lowest BCUT2D eigenvalue weighted by Gasteiger charge is -2.25. The molecule has 1 aromatic carbocycles. The van der Waals surface area contributed by atoms with E-state index >= 15 is 0 Å². The van der Waals surface area contributed by atoms with Crippen molar-refractivity contribution in [3.05, 3.63) is 68.4 Å². The minimum Gasteiger partial charge on any atom is -0.383 e. The number of aromatic nitrogens is 4. The lowest BCUT2D eigenvalue weighted by Crippen LogP contribution is -2.38. The Morgan fingerprint density at radius 3 is 2.61 bits per heavy atom. The molecule has 0 fully saturated rings. The van der Waals surface area contributed by atoms with Crippen LogP contribution in [-0.4, -0.2) is 19.7 Å². The highest BCUT2D eigenvalue weighted by molar-refractivity contribution is 5.62. The summed E-state index contributed by atoms with van der Waals surface area (Å²) in [4.78, 5) is 33.8. The molecule has 0 bridgehead atoms. The zero-order valence-corrected chi connectivity index (χ0v) is 18.3. The summed E-state index contributed by atoms with van der Waals surface area (Å²) < 4.78 is 6.84. The molecular weight excluding hydrogens is 396 g/mol. The standard InChI is InChI=1S/C22H30N6O3/c1-4-5-11-28-20(23)19(21(29)25-22(28)30)27(13-16-9-7-6-8-10-16)14-18-24-17(26-31-18)12-15(2)3/h6-10,15H,4-5,11-14,23H2,1-3H3,(H,25,29,30). The second-order valence-corrected chi connectivity index (χ2v) is 8.04. The van der Waals surface area contributed by atoms with Crippen molar-refractivity contribution in [3.63, 3.8) is 0 Å². The summed E-state index contributed by atoms with van der Waals surface area (Å²) in [5.74, 6) is 1.54. The third-order valence-corrected chi connectivity index (χ3v) is 4.91. The van der Waals surface area contributed by atoms with Crippen molar-refractivity contribution in [2.24, 2.45) is 5.92 Å². The Morgan fingerprint density at radius 1 is 1.19 bits per heavy atom. The number of hydrogen-bond acceptors (Lipinski definition) is 7. The normalized spacial score (nSPS) is 11.2. The largest absolute Gasteiger partial charge is 0.383 e. The predicted molar refractivity (Wildman–Crippen MR) is 120 cm³/mol. The van der Waals surface area contributed by atoms with Gasteiger partial charge in [-0.1, -0.05) is 62.7 Å². The second kappa shape index (κ2) is 10.1. The van der Waals surface area contributed by atoms with Gasteiger partial charge in [0.25, 0.3) is 5.56 Å². The second-order valence-electron chi connectivity index (χ2n) is 8.04. The Labute approximate surface area is 180 Å². The van der Waals surface area contributed by atoms with E-state index in [0.29, 0.717) is 37.1 Å². The van der Waals surface area contributed by atoms with Gasteiger partial charge >= 0.3 is 5.69 Å². The fourth-order valence-electron chi connectivity index (χ4n) is 3.40. The fourth-order valence-corrected chi connectivity index (χ4v) is 3.40. The molecule has 0 saturated heterocycles. The molecule has 3 N–H and O–H groups in total. The summed E-state index contributed by atoms with van der Waals surface area (Å²) in [5.41, 5.74) is 6.51. The summed E-state index contributed by atoms with van der Waals surface area (Å²) in [6.07, 6.45) is 2.37. The highest BCUT2D eigenvalue weighted by Crippen LogP contribution is 2.22. The molecule has 0 aliphatic heterocycles. The Hall–Kier alpha value is -3.36. The van der Waals surface area contributed by atoms with Crippen LogP contribution in [0, 0.1) is 5.92 Å². The van der Waals surface area contributed by atoms with Crippen molar-refractivity contribution in [2.75, 3.05) is 10.6 Å². The summed E-state index contributed by atoms with van der Waals surface area (Å²) in [5, 5.41) is 4.04. The summed E-state index contributed by atoms with van der Waals surface area (Å²) in [7, 11) is 0. The zero-order chi connectivity index (χ0) is 22.4. The Kier molecular flexibility index (Phi) is 7.28. The van der Waals surface area contributed by atoms with E-state index in [1.54, 1.807) is 4.90 Å². The number of hydrogen-bond donors (Lipinski definition) is 2.